The molecule has 2 aromatic rings. The molecule has 6 heteroatoms. The van der Waals surface area contributed by atoms with Crippen molar-refractivity contribution >= 4 is 28.6 Å². The molecule has 1 aliphatic rings. The van der Waals surface area contributed by atoms with Crippen molar-refractivity contribution in [3.63, 3.8) is 0 Å². The number of nitrogen functional groups attached to an aromatic ring is 1. The molecule has 1 aromatic heterocycles. The van der Waals surface area contributed by atoms with Gasteiger partial charge in [0.05, 0.1) is 11.0 Å². The summed E-state index contributed by atoms with van der Waals surface area (Å²) in [5.74, 6) is 1.09. The van der Waals surface area contributed by atoms with Gasteiger partial charge >= 0.3 is 0 Å². The summed E-state index contributed by atoms with van der Waals surface area (Å²) < 4.78 is 0. The van der Waals surface area contributed by atoms with Crippen molar-refractivity contribution in [1.82, 2.24) is 15.3 Å². The number of fused-ring (bicyclic) bond motifs is 1. The number of para-hydroxylation sites is 2. The van der Waals surface area contributed by atoms with E-state index < -0.39 is 0 Å². The Morgan fingerprint density at radius 3 is 2.67 bits per heavy atom. The number of rotatable bonds is 6. The van der Waals surface area contributed by atoms with Gasteiger partial charge in [-0.05, 0) is 31.4 Å². The minimum absolute atomic E-state index is 0.122. The summed E-state index contributed by atoms with van der Waals surface area (Å²) in [6, 6.07) is 8.02. The van der Waals surface area contributed by atoms with Gasteiger partial charge in [0.15, 0.2) is 11.6 Å². The lowest BCUT2D eigenvalue weighted by Crippen LogP contribution is -2.25. The third kappa shape index (κ3) is 3.59. The zero-order chi connectivity index (χ0) is 14.7. The van der Waals surface area contributed by atoms with Gasteiger partial charge in [-0.2, -0.15) is 0 Å². The van der Waals surface area contributed by atoms with Crippen LogP contribution < -0.4 is 16.4 Å². The molecule has 3 rings (SSSR count). The van der Waals surface area contributed by atoms with E-state index in [1.54, 1.807) is 0 Å². The van der Waals surface area contributed by atoms with E-state index in [1.165, 1.54) is 0 Å². The van der Waals surface area contributed by atoms with Crippen LogP contribution in [0.5, 0.6) is 0 Å². The number of nitrogens with two attached hydrogens (primary N) is 1. The van der Waals surface area contributed by atoms with E-state index in [2.05, 4.69) is 20.6 Å². The monoisotopic (exact) mass is 285 g/mol. The third-order valence-electron chi connectivity index (χ3n) is 3.41. The van der Waals surface area contributed by atoms with Gasteiger partial charge in [0.1, 0.15) is 0 Å². The Kier molecular flexibility index (Phi) is 3.85. The van der Waals surface area contributed by atoms with E-state index in [4.69, 9.17) is 5.73 Å². The summed E-state index contributed by atoms with van der Waals surface area (Å²) in [5, 5.41) is 6.12. The number of nitrogens with one attached hydrogen (secondary N) is 2. The Morgan fingerprint density at radius 1 is 1.24 bits per heavy atom. The molecule has 1 fully saturated rings. The molecule has 1 aliphatic carbocycles. The molecule has 0 radical (unpaired) electrons. The second kappa shape index (κ2) is 5.95. The number of benzene rings is 1. The van der Waals surface area contributed by atoms with Crippen molar-refractivity contribution in [2.24, 2.45) is 0 Å². The molecule has 0 unspecified atom stereocenters. The van der Waals surface area contributed by atoms with Crippen molar-refractivity contribution < 1.29 is 4.79 Å². The maximum absolute atomic E-state index is 11.6. The van der Waals surface area contributed by atoms with Crippen LogP contribution >= 0.6 is 0 Å². The number of amides is 1. The molecule has 1 amide bonds. The van der Waals surface area contributed by atoms with Crippen LogP contribution in [0.1, 0.15) is 25.7 Å². The van der Waals surface area contributed by atoms with Crippen molar-refractivity contribution in [2.75, 3.05) is 17.6 Å². The Bertz CT molecular complexity index is 654. The predicted molar refractivity (Wildman–Crippen MR) is 82.8 cm³/mol. The van der Waals surface area contributed by atoms with Crippen molar-refractivity contribution in [3.8, 4) is 0 Å². The molecule has 4 N–H and O–H groups in total. The summed E-state index contributed by atoms with van der Waals surface area (Å²) in [5.41, 5.74) is 7.48. The summed E-state index contributed by atoms with van der Waals surface area (Å²) in [6.07, 6.45) is 3.50. The van der Waals surface area contributed by atoms with Gasteiger partial charge < -0.3 is 16.4 Å². The van der Waals surface area contributed by atoms with Crippen LogP contribution in [0.3, 0.4) is 0 Å². The van der Waals surface area contributed by atoms with Crippen molar-refractivity contribution in [3.05, 3.63) is 24.3 Å². The molecule has 1 saturated carbocycles. The molecule has 1 aromatic carbocycles. The Morgan fingerprint density at radius 2 is 1.95 bits per heavy atom. The van der Waals surface area contributed by atoms with E-state index in [0.717, 1.165) is 30.3 Å². The number of hydrogen-bond acceptors (Lipinski definition) is 5. The first-order valence-corrected chi connectivity index (χ1v) is 7.28. The van der Waals surface area contributed by atoms with Crippen LogP contribution in [0.4, 0.5) is 11.6 Å². The highest BCUT2D eigenvalue weighted by Crippen LogP contribution is 2.19. The SMILES string of the molecule is Nc1nc2ccccc2nc1NCCCC(=O)NC1CC1. The van der Waals surface area contributed by atoms with Gasteiger partial charge in [-0.1, -0.05) is 12.1 Å². The highest BCUT2D eigenvalue weighted by molar-refractivity contribution is 5.79. The smallest absolute Gasteiger partial charge is 0.220 e. The van der Waals surface area contributed by atoms with Crippen molar-refractivity contribution in [1.29, 1.82) is 0 Å². The Hall–Kier alpha value is -2.37. The van der Waals surface area contributed by atoms with Crippen LogP contribution in [0.2, 0.25) is 0 Å². The standard InChI is InChI=1S/C15H19N5O/c16-14-15(20-12-5-2-1-4-11(12)19-14)17-9-3-6-13(21)18-10-7-8-10/h1-2,4-5,10H,3,6-9H2,(H2,16,19)(H,17,20)(H,18,21). The van der Waals surface area contributed by atoms with Gasteiger partial charge in [0.2, 0.25) is 5.91 Å². The fourth-order valence-corrected chi connectivity index (χ4v) is 2.13. The van der Waals surface area contributed by atoms with Crippen LogP contribution in [0.15, 0.2) is 24.3 Å². The molecular formula is C15H19N5O. The largest absolute Gasteiger partial charge is 0.381 e. The fourth-order valence-electron chi connectivity index (χ4n) is 2.13. The number of carbonyl (C=O) groups excluding carboxylic acids is 1. The number of aromatic nitrogens is 2. The highest BCUT2D eigenvalue weighted by Gasteiger charge is 2.22. The van der Waals surface area contributed by atoms with Gasteiger partial charge in [0.25, 0.3) is 0 Å². The van der Waals surface area contributed by atoms with Gasteiger partial charge in [-0.15, -0.1) is 0 Å². The lowest BCUT2D eigenvalue weighted by atomic mass is 10.3. The molecular weight excluding hydrogens is 266 g/mol. The zero-order valence-corrected chi connectivity index (χ0v) is 11.8. The highest BCUT2D eigenvalue weighted by atomic mass is 16.1. The van der Waals surface area contributed by atoms with Crippen LogP contribution in [-0.4, -0.2) is 28.5 Å². The summed E-state index contributed by atoms with van der Waals surface area (Å²) in [6.45, 7) is 0.648. The fraction of sp³-hybridized carbons (Fsp3) is 0.400. The molecule has 0 aliphatic heterocycles. The van der Waals surface area contributed by atoms with Crippen molar-refractivity contribution in [2.45, 2.75) is 31.7 Å². The summed E-state index contributed by atoms with van der Waals surface area (Å²) in [7, 11) is 0. The van der Waals surface area contributed by atoms with E-state index in [0.29, 0.717) is 30.6 Å². The maximum atomic E-state index is 11.6. The second-order valence-electron chi connectivity index (χ2n) is 5.32. The Balaban J connectivity index is 1.52. The quantitative estimate of drug-likeness (QED) is 0.702. The van der Waals surface area contributed by atoms with Crippen LogP contribution in [-0.2, 0) is 4.79 Å². The number of nitrogens with zero attached hydrogens (tertiary/aromatic N) is 2. The predicted octanol–water partition coefficient (Wildman–Crippen LogP) is 1.68. The van der Waals surface area contributed by atoms with Gasteiger partial charge in [-0.3, -0.25) is 4.79 Å². The minimum Gasteiger partial charge on any atom is -0.381 e. The molecule has 0 spiro atoms. The van der Waals surface area contributed by atoms with E-state index >= 15 is 0 Å². The average molecular weight is 285 g/mol. The summed E-state index contributed by atoms with van der Waals surface area (Å²) in [4.78, 5) is 20.3. The summed E-state index contributed by atoms with van der Waals surface area (Å²) >= 11 is 0. The van der Waals surface area contributed by atoms with E-state index in [1.807, 2.05) is 24.3 Å². The first-order chi connectivity index (χ1) is 10.2. The lowest BCUT2D eigenvalue weighted by Gasteiger charge is -2.09. The lowest BCUT2D eigenvalue weighted by molar-refractivity contribution is -0.121. The first kappa shape index (κ1) is 13.6. The molecule has 110 valence electrons. The molecule has 0 bridgehead atoms. The molecule has 0 saturated heterocycles. The number of hydrogen-bond donors (Lipinski definition) is 3. The third-order valence-corrected chi connectivity index (χ3v) is 3.41. The van der Waals surface area contributed by atoms with Crippen LogP contribution in [0, 0.1) is 0 Å². The average Bonchev–Trinajstić information content (AvgIpc) is 3.27. The normalized spacial score (nSPS) is 14.1. The maximum Gasteiger partial charge on any atom is 0.220 e. The molecule has 21 heavy (non-hydrogen) atoms. The molecule has 0 atom stereocenters. The van der Waals surface area contributed by atoms with E-state index in [-0.39, 0.29) is 5.91 Å². The van der Waals surface area contributed by atoms with E-state index in [9.17, 15) is 4.79 Å². The topological polar surface area (TPSA) is 92.9 Å². The number of anilines is 2. The van der Waals surface area contributed by atoms with Gasteiger partial charge in [0, 0.05) is 19.0 Å². The van der Waals surface area contributed by atoms with Crippen LogP contribution in [0.25, 0.3) is 11.0 Å². The number of carbonyl (C=O) groups is 1. The second-order valence-corrected chi connectivity index (χ2v) is 5.32. The van der Waals surface area contributed by atoms with Gasteiger partial charge in [-0.25, -0.2) is 9.97 Å². The minimum atomic E-state index is 0.122. The zero-order valence-electron chi connectivity index (χ0n) is 11.8. The first-order valence-electron chi connectivity index (χ1n) is 7.28. The molecule has 6 nitrogen and oxygen atoms in total. The Labute approximate surface area is 123 Å². The molecule has 1 heterocycles.